The summed E-state index contributed by atoms with van der Waals surface area (Å²) >= 11 is 0. The van der Waals surface area contributed by atoms with Crippen LogP contribution in [-0.2, 0) is 20.4 Å². The molecule has 1 aromatic carbocycles. The van der Waals surface area contributed by atoms with Gasteiger partial charge in [-0.1, -0.05) is 19.6 Å². The van der Waals surface area contributed by atoms with Gasteiger partial charge in [0.25, 0.3) is 0 Å². The standard InChI is InChI=1S/C8H9O.Re/c1-7-3-2-4-8(5-7)6-9;/h2-6,9H,1H3;/q-1;. The van der Waals surface area contributed by atoms with Crippen molar-refractivity contribution in [3.05, 3.63) is 42.0 Å². The zero-order valence-electron chi connectivity index (χ0n) is 5.71. The Bertz CT molecular complexity index is 198. The van der Waals surface area contributed by atoms with E-state index in [9.17, 15) is 0 Å². The minimum Gasteiger partial charge on any atom is -0.429 e. The first-order chi connectivity index (χ1) is 4.33. The van der Waals surface area contributed by atoms with Crippen molar-refractivity contribution in [1.29, 1.82) is 0 Å². The van der Waals surface area contributed by atoms with Gasteiger partial charge in [-0.3, -0.25) is 0 Å². The molecule has 1 N–H and O–H groups in total. The Balaban J connectivity index is 0.000000810. The Hall–Kier alpha value is -0.288. The molecule has 0 saturated carbocycles. The molecule has 0 saturated heterocycles. The summed E-state index contributed by atoms with van der Waals surface area (Å²) in [4.78, 5) is 0. The average molecular weight is 307 g/mol. The quantitative estimate of drug-likeness (QED) is 0.786. The second kappa shape index (κ2) is 4.52. The van der Waals surface area contributed by atoms with Gasteiger partial charge in [-0.2, -0.15) is 17.7 Å². The van der Waals surface area contributed by atoms with Gasteiger partial charge in [0, 0.05) is 20.4 Å². The topological polar surface area (TPSA) is 20.2 Å². The van der Waals surface area contributed by atoms with Gasteiger partial charge in [0.1, 0.15) is 0 Å². The maximum Gasteiger partial charge on any atom is 0 e. The van der Waals surface area contributed by atoms with Gasteiger partial charge in [-0.25, -0.2) is 0 Å². The van der Waals surface area contributed by atoms with Crippen LogP contribution < -0.4 is 0 Å². The van der Waals surface area contributed by atoms with Gasteiger partial charge >= 0.3 is 0 Å². The Morgan fingerprint density at radius 1 is 1.40 bits per heavy atom. The summed E-state index contributed by atoms with van der Waals surface area (Å²) in [5, 5.41) is 8.54. The molecule has 55 valence electrons. The van der Waals surface area contributed by atoms with Crippen LogP contribution in [0.5, 0.6) is 0 Å². The van der Waals surface area contributed by atoms with E-state index < -0.39 is 0 Å². The third kappa shape index (κ3) is 2.53. The normalized spacial score (nSPS) is 8.20. The van der Waals surface area contributed by atoms with Gasteiger partial charge in [-0.05, 0) is 0 Å². The van der Waals surface area contributed by atoms with Crippen LogP contribution in [0.1, 0.15) is 11.1 Å². The molecule has 0 bridgehead atoms. The molecule has 1 nitrogen and oxygen atoms in total. The van der Waals surface area contributed by atoms with E-state index >= 15 is 0 Å². The minimum atomic E-state index is 0. The molecular weight excluding hydrogens is 298 g/mol. The molecule has 10 heavy (non-hydrogen) atoms. The zero-order chi connectivity index (χ0) is 6.69. The van der Waals surface area contributed by atoms with E-state index in [1.165, 1.54) is 0 Å². The fraction of sp³-hybridized carbons (Fsp3) is 0.125. The van der Waals surface area contributed by atoms with Crippen molar-refractivity contribution in [3.8, 4) is 0 Å². The third-order valence-electron chi connectivity index (χ3n) is 1.19. The second-order valence-electron chi connectivity index (χ2n) is 2.04. The first-order valence-corrected chi connectivity index (χ1v) is 2.87. The van der Waals surface area contributed by atoms with Gasteiger partial charge < -0.3 is 5.11 Å². The van der Waals surface area contributed by atoms with E-state index in [4.69, 9.17) is 5.11 Å². The minimum absolute atomic E-state index is 0. The maximum atomic E-state index is 8.54. The van der Waals surface area contributed by atoms with Crippen LogP contribution >= 0.6 is 0 Å². The number of benzene rings is 1. The summed E-state index contributed by atoms with van der Waals surface area (Å²) in [5.41, 5.74) is 2.02. The molecule has 0 atom stereocenters. The van der Waals surface area contributed by atoms with Crippen LogP contribution in [0.3, 0.4) is 0 Å². The molecule has 0 aliphatic heterocycles. The van der Waals surface area contributed by atoms with Crippen LogP contribution in [0, 0.1) is 13.5 Å². The molecule has 0 spiro atoms. The monoisotopic (exact) mass is 308 g/mol. The van der Waals surface area contributed by atoms with E-state index in [-0.39, 0.29) is 20.4 Å². The van der Waals surface area contributed by atoms with Crippen LogP contribution in [0.25, 0.3) is 0 Å². The maximum absolute atomic E-state index is 8.54. The van der Waals surface area contributed by atoms with E-state index in [0.29, 0.717) is 0 Å². The zero-order valence-corrected chi connectivity index (χ0v) is 8.43. The first-order valence-electron chi connectivity index (χ1n) is 2.87. The van der Waals surface area contributed by atoms with Crippen LogP contribution in [-0.4, -0.2) is 5.11 Å². The van der Waals surface area contributed by atoms with Crippen molar-refractivity contribution in [2.24, 2.45) is 0 Å². The van der Waals surface area contributed by atoms with Crippen molar-refractivity contribution in [2.45, 2.75) is 6.92 Å². The Labute approximate surface area is 74.7 Å². The molecule has 0 heterocycles. The predicted octanol–water partition coefficient (Wildman–Crippen LogP) is 1.87. The molecule has 0 fully saturated rings. The second-order valence-corrected chi connectivity index (χ2v) is 2.04. The number of aliphatic hydroxyl groups excluding tert-OH is 1. The average Bonchev–Trinajstić information content (AvgIpc) is 1.88. The van der Waals surface area contributed by atoms with Gasteiger partial charge in [0.05, 0.1) is 0 Å². The van der Waals surface area contributed by atoms with Gasteiger partial charge in [0.15, 0.2) is 0 Å². The molecule has 1 rings (SSSR count). The van der Waals surface area contributed by atoms with Crippen LogP contribution in [0.4, 0.5) is 0 Å². The summed E-state index contributed by atoms with van der Waals surface area (Å²) in [5.74, 6) is 0. The Morgan fingerprint density at radius 3 is 2.50 bits per heavy atom. The number of hydrogen-bond donors (Lipinski definition) is 1. The number of aliphatic hydroxyl groups is 1. The van der Waals surface area contributed by atoms with Crippen molar-refractivity contribution in [1.82, 2.24) is 0 Å². The molecule has 2 heteroatoms. The predicted molar refractivity (Wildman–Crippen MR) is 36.5 cm³/mol. The van der Waals surface area contributed by atoms with E-state index in [1.54, 1.807) is 0 Å². The summed E-state index contributed by atoms with van der Waals surface area (Å²) in [6.07, 6.45) is 0. The fourth-order valence-corrected chi connectivity index (χ4v) is 0.750. The smallest absolute Gasteiger partial charge is 0 e. The Kier molecular flexibility index (Phi) is 4.39. The molecule has 0 aliphatic carbocycles. The van der Waals surface area contributed by atoms with Crippen LogP contribution in [0.15, 0.2) is 24.3 Å². The van der Waals surface area contributed by atoms with Gasteiger partial charge in [-0.15, -0.1) is 11.6 Å². The summed E-state index contributed by atoms with van der Waals surface area (Å²) in [6.45, 7) is 3.10. The molecule has 0 aliphatic rings. The summed E-state index contributed by atoms with van der Waals surface area (Å²) in [6, 6.07) is 7.68. The summed E-state index contributed by atoms with van der Waals surface area (Å²) < 4.78 is 0. The molecule has 0 aromatic heterocycles. The van der Waals surface area contributed by atoms with E-state index in [2.05, 4.69) is 0 Å². The molecule has 0 amide bonds. The molecular formula is C8H9ORe-. The summed E-state index contributed by atoms with van der Waals surface area (Å²) in [7, 11) is 0. The number of hydrogen-bond acceptors (Lipinski definition) is 1. The first kappa shape index (κ1) is 9.71. The van der Waals surface area contributed by atoms with Gasteiger partial charge in [0.2, 0.25) is 0 Å². The van der Waals surface area contributed by atoms with Crippen molar-refractivity contribution in [3.63, 3.8) is 0 Å². The fourth-order valence-electron chi connectivity index (χ4n) is 0.750. The van der Waals surface area contributed by atoms with Crippen molar-refractivity contribution in [2.75, 3.05) is 0 Å². The van der Waals surface area contributed by atoms with Crippen LogP contribution in [0.2, 0.25) is 0 Å². The molecule has 1 aromatic rings. The SMILES string of the molecule is Cc1cccc([CH-]O)c1.[Re]. The number of rotatable bonds is 1. The van der Waals surface area contributed by atoms with Crippen molar-refractivity contribution >= 4 is 0 Å². The van der Waals surface area contributed by atoms with E-state index in [0.717, 1.165) is 17.7 Å². The van der Waals surface area contributed by atoms with E-state index in [1.807, 2.05) is 31.2 Å². The van der Waals surface area contributed by atoms with Crippen molar-refractivity contribution < 1.29 is 25.5 Å². The Morgan fingerprint density at radius 2 is 2.10 bits per heavy atom. The molecule has 1 radical (unpaired) electrons. The largest absolute Gasteiger partial charge is 0.429 e. The molecule has 0 unspecified atom stereocenters. The number of aryl methyl sites for hydroxylation is 1. The third-order valence-corrected chi connectivity index (χ3v) is 1.19.